The van der Waals surface area contributed by atoms with Crippen LogP contribution in [0.3, 0.4) is 0 Å². The Labute approximate surface area is 94.8 Å². The summed E-state index contributed by atoms with van der Waals surface area (Å²) in [4.78, 5) is 10.4. The standard InChI is InChI=1S/C11H17N3O2/c1-8-2-3-9(6-10(8)12)14-4-5-16-7-11(13)15/h2-3,6,14H,4-5,7,12H2,1H3,(H2,13,15). The SMILES string of the molecule is Cc1ccc(NCCOCC(N)=O)cc1N. The van der Waals surface area contributed by atoms with Gasteiger partial charge in [0.05, 0.1) is 6.61 Å². The molecule has 0 bridgehead atoms. The van der Waals surface area contributed by atoms with Crippen LogP contribution in [0.4, 0.5) is 11.4 Å². The van der Waals surface area contributed by atoms with E-state index in [4.69, 9.17) is 16.2 Å². The van der Waals surface area contributed by atoms with Crippen molar-refractivity contribution in [3.8, 4) is 0 Å². The van der Waals surface area contributed by atoms with Crippen LogP contribution in [0.15, 0.2) is 18.2 Å². The van der Waals surface area contributed by atoms with Gasteiger partial charge in [-0.25, -0.2) is 0 Å². The molecular formula is C11H17N3O2. The fraction of sp³-hybridized carbons (Fsp3) is 0.364. The number of ether oxygens (including phenoxy) is 1. The number of aryl methyl sites for hydroxylation is 1. The quantitative estimate of drug-likeness (QED) is 0.483. The predicted octanol–water partition coefficient (Wildman–Crippen LogP) is 0.491. The first-order valence-corrected chi connectivity index (χ1v) is 5.05. The van der Waals surface area contributed by atoms with Crippen molar-refractivity contribution in [3.63, 3.8) is 0 Å². The summed E-state index contributed by atoms with van der Waals surface area (Å²) in [5.41, 5.74) is 13.4. The number of primary amides is 1. The first kappa shape index (κ1) is 12.3. The van der Waals surface area contributed by atoms with Crippen LogP contribution in [-0.2, 0) is 9.53 Å². The number of nitrogen functional groups attached to an aromatic ring is 1. The zero-order valence-corrected chi connectivity index (χ0v) is 9.32. The first-order valence-electron chi connectivity index (χ1n) is 5.05. The maximum Gasteiger partial charge on any atom is 0.243 e. The van der Waals surface area contributed by atoms with E-state index in [9.17, 15) is 4.79 Å². The van der Waals surface area contributed by atoms with Crippen molar-refractivity contribution in [2.45, 2.75) is 6.92 Å². The lowest BCUT2D eigenvalue weighted by Crippen LogP contribution is -2.20. The molecule has 0 fully saturated rings. The zero-order chi connectivity index (χ0) is 12.0. The summed E-state index contributed by atoms with van der Waals surface area (Å²) in [7, 11) is 0. The summed E-state index contributed by atoms with van der Waals surface area (Å²) in [6, 6.07) is 5.76. The smallest absolute Gasteiger partial charge is 0.243 e. The molecule has 1 amide bonds. The second-order valence-electron chi connectivity index (χ2n) is 3.52. The Bertz CT molecular complexity index is 366. The molecule has 0 radical (unpaired) electrons. The summed E-state index contributed by atoms with van der Waals surface area (Å²) in [6.45, 7) is 2.94. The Morgan fingerprint density at radius 1 is 1.50 bits per heavy atom. The average molecular weight is 223 g/mol. The van der Waals surface area contributed by atoms with Gasteiger partial charge in [-0.2, -0.15) is 0 Å². The summed E-state index contributed by atoms with van der Waals surface area (Å²) in [5, 5.41) is 3.13. The summed E-state index contributed by atoms with van der Waals surface area (Å²) in [6.07, 6.45) is 0. The molecule has 5 heteroatoms. The third-order valence-corrected chi connectivity index (χ3v) is 2.10. The summed E-state index contributed by atoms with van der Waals surface area (Å²) < 4.78 is 5.00. The van der Waals surface area contributed by atoms with Crippen LogP contribution >= 0.6 is 0 Å². The molecule has 0 aliphatic carbocycles. The maximum absolute atomic E-state index is 10.4. The lowest BCUT2D eigenvalue weighted by atomic mass is 10.2. The van der Waals surface area contributed by atoms with Crippen LogP contribution in [-0.4, -0.2) is 25.7 Å². The third-order valence-electron chi connectivity index (χ3n) is 2.10. The molecule has 0 aromatic heterocycles. The van der Waals surface area contributed by atoms with Gasteiger partial charge in [0.25, 0.3) is 0 Å². The minimum Gasteiger partial charge on any atom is -0.398 e. The van der Waals surface area contributed by atoms with Gasteiger partial charge in [0.15, 0.2) is 0 Å². The lowest BCUT2D eigenvalue weighted by molar-refractivity contribution is -0.122. The molecule has 0 atom stereocenters. The fourth-order valence-electron chi connectivity index (χ4n) is 1.19. The van der Waals surface area contributed by atoms with Crippen molar-refractivity contribution in [2.75, 3.05) is 30.8 Å². The van der Waals surface area contributed by atoms with Crippen molar-refractivity contribution in [1.29, 1.82) is 0 Å². The molecule has 5 nitrogen and oxygen atoms in total. The van der Waals surface area contributed by atoms with Crippen LogP contribution in [0.1, 0.15) is 5.56 Å². The second-order valence-corrected chi connectivity index (χ2v) is 3.52. The first-order chi connectivity index (χ1) is 7.59. The molecule has 88 valence electrons. The minimum absolute atomic E-state index is 0.0439. The summed E-state index contributed by atoms with van der Waals surface area (Å²) in [5.74, 6) is -0.459. The fourth-order valence-corrected chi connectivity index (χ4v) is 1.19. The van der Waals surface area contributed by atoms with E-state index in [2.05, 4.69) is 5.32 Å². The Morgan fingerprint density at radius 3 is 2.88 bits per heavy atom. The van der Waals surface area contributed by atoms with E-state index in [1.807, 2.05) is 25.1 Å². The number of nitrogens with one attached hydrogen (secondary N) is 1. The Kier molecular flexibility index (Phi) is 4.60. The van der Waals surface area contributed by atoms with Crippen LogP contribution in [0.25, 0.3) is 0 Å². The van der Waals surface area contributed by atoms with E-state index in [1.54, 1.807) is 0 Å². The van der Waals surface area contributed by atoms with Crippen molar-refractivity contribution in [3.05, 3.63) is 23.8 Å². The topological polar surface area (TPSA) is 90.4 Å². The van der Waals surface area contributed by atoms with Crippen LogP contribution in [0.2, 0.25) is 0 Å². The molecule has 0 spiro atoms. The van der Waals surface area contributed by atoms with Gasteiger partial charge in [0.2, 0.25) is 5.91 Å². The van der Waals surface area contributed by atoms with Gasteiger partial charge in [0.1, 0.15) is 6.61 Å². The number of carbonyl (C=O) groups excluding carboxylic acids is 1. The molecule has 1 aromatic carbocycles. The zero-order valence-electron chi connectivity index (χ0n) is 9.32. The Morgan fingerprint density at radius 2 is 2.25 bits per heavy atom. The number of hydrogen-bond acceptors (Lipinski definition) is 4. The number of amides is 1. The lowest BCUT2D eigenvalue weighted by Gasteiger charge is -2.08. The molecule has 16 heavy (non-hydrogen) atoms. The number of rotatable bonds is 6. The van der Waals surface area contributed by atoms with Crippen molar-refractivity contribution in [2.24, 2.45) is 5.73 Å². The van der Waals surface area contributed by atoms with E-state index in [0.29, 0.717) is 13.2 Å². The Hall–Kier alpha value is -1.75. The highest BCUT2D eigenvalue weighted by molar-refractivity contribution is 5.74. The van der Waals surface area contributed by atoms with E-state index in [-0.39, 0.29) is 6.61 Å². The van der Waals surface area contributed by atoms with Crippen molar-refractivity contribution in [1.82, 2.24) is 0 Å². The molecule has 0 aliphatic rings. The summed E-state index contributed by atoms with van der Waals surface area (Å²) >= 11 is 0. The van der Waals surface area contributed by atoms with Crippen LogP contribution < -0.4 is 16.8 Å². The molecule has 1 aromatic rings. The van der Waals surface area contributed by atoms with Gasteiger partial charge in [0, 0.05) is 17.9 Å². The minimum atomic E-state index is -0.459. The number of nitrogens with two attached hydrogens (primary N) is 2. The molecule has 0 saturated heterocycles. The van der Waals surface area contributed by atoms with Crippen LogP contribution in [0, 0.1) is 6.92 Å². The molecule has 1 rings (SSSR count). The van der Waals surface area contributed by atoms with Gasteiger partial charge in [-0.15, -0.1) is 0 Å². The van der Waals surface area contributed by atoms with Gasteiger partial charge < -0.3 is 21.5 Å². The van der Waals surface area contributed by atoms with Crippen molar-refractivity contribution >= 4 is 17.3 Å². The third kappa shape index (κ3) is 4.18. The molecule has 0 unspecified atom stereocenters. The van der Waals surface area contributed by atoms with Crippen molar-refractivity contribution < 1.29 is 9.53 Å². The van der Waals surface area contributed by atoms with E-state index < -0.39 is 5.91 Å². The number of benzene rings is 1. The van der Waals surface area contributed by atoms with Gasteiger partial charge >= 0.3 is 0 Å². The highest BCUT2D eigenvalue weighted by Gasteiger charge is 1.97. The average Bonchev–Trinajstić information content (AvgIpc) is 2.22. The number of hydrogen-bond donors (Lipinski definition) is 3. The Balaban J connectivity index is 2.27. The molecule has 5 N–H and O–H groups in total. The molecule has 0 saturated carbocycles. The highest BCUT2D eigenvalue weighted by atomic mass is 16.5. The van der Waals surface area contributed by atoms with E-state index in [1.165, 1.54) is 0 Å². The number of anilines is 2. The van der Waals surface area contributed by atoms with Gasteiger partial charge in [-0.05, 0) is 24.6 Å². The second kappa shape index (κ2) is 5.97. The van der Waals surface area contributed by atoms with E-state index >= 15 is 0 Å². The highest BCUT2D eigenvalue weighted by Crippen LogP contribution is 2.16. The van der Waals surface area contributed by atoms with E-state index in [0.717, 1.165) is 16.9 Å². The molecule has 0 heterocycles. The van der Waals surface area contributed by atoms with Gasteiger partial charge in [-0.1, -0.05) is 6.07 Å². The number of carbonyl (C=O) groups is 1. The van der Waals surface area contributed by atoms with Crippen LogP contribution in [0.5, 0.6) is 0 Å². The molecule has 0 aliphatic heterocycles. The normalized spacial score (nSPS) is 10.1. The molecular weight excluding hydrogens is 206 g/mol. The van der Waals surface area contributed by atoms with Gasteiger partial charge in [-0.3, -0.25) is 4.79 Å². The predicted molar refractivity (Wildman–Crippen MR) is 64.1 cm³/mol. The monoisotopic (exact) mass is 223 g/mol. The maximum atomic E-state index is 10.4. The largest absolute Gasteiger partial charge is 0.398 e.